The van der Waals surface area contributed by atoms with Crippen molar-refractivity contribution in [3.05, 3.63) is 68.1 Å². The van der Waals surface area contributed by atoms with Crippen molar-refractivity contribution in [1.82, 2.24) is 0 Å². The monoisotopic (exact) mass is 387 g/mol. The maximum atomic E-state index is 14.0. The smallest absolute Gasteiger partial charge is 0.153 e. The lowest BCUT2D eigenvalue weighted by Crippen LogP contribution is -2.12. The molecule has 1 unspecified atom stereocenters. The van der Waals surface area contributed by atoms with Crippen LogP contribution in [0.5, 0.6) is 0 Å². The fraction of sp³-hybridized carbons (Fsp3) is 0.0667. The minimum atomic E-state index is -0.722. The summed E-state index contributed by atoms with van der Waals surface area (Å²) < 4.78 is 20.3. The maximum absolute atomic E-state index is 14.0. The highest BCUT2D eigenvalue weighted by atomic mass is 79.9. The SMILES string of the molecule is NC(c1cc2cc(Cl)cc(Cl)c2o1)c1ccc(Br)cc1F. The Labute approximate surface area is 138 Å². The highest BCUT2D eigenvalue weighted by Gasteiger charge is 2.19. The van der Waals surface area contributed by atoms with Crippen LogP contribution in [0.4, 0.5) is 4.39 Å². The molecule has 3 rings (SSSR count). The fourth-order valence-corrected chi connectivity index (χ4v) is 3.04. The Morgan fingerprint density at radius 3 is 2.62 bits per heavy atom. The molecule has 1 atom stereocenters. The van der Waals surface area contributed by atoms with Gasteiger partial charge in [-0.25, -0.2) is 4.39 Å². The second-order valence-corrected chi connectivity index (χ2v) is 6.36. The Kier molecular flexibility index (Phi) is 3.97. The zero-order valence-corrected chi connectivity index (χ0v) is 13.6. The van der Waals surface area contributed by atoms with Crippen molar-refractivity contribution < 1.29 is 8.81 Å². The van der Waals surface area contributed by atoms with Crippen molar-refractivity contribution >= 4 is 50.1 Å². The number of furan rings is 1. The van der Waals surface area contributed by atoms with Crippen LogP contribution in [0.1, 0.15) is 17.4 Å². The van der Waals surface area contributed by atoms with Crippen LogP contribution in [0.2, 0.25) is 10.0 Å². The molecule has 3 aromatic rings. The van der Waals surface area contributed by atoms with Crippen molar-refractivity contribution in [2.45, 2.75) is 6.04 Å². The molecule has 0 amide bonds. The first-order valence-corrected chi connectivity index (χ1v) is 7.59. The minimum absolute atomic E-state index is 0.347. The van der Waals surface area contributed by atoms with Crippen LogP contribution < -0.4 is 5.73 Å². The van der Waals surface area contributed by atoms with E-state index in [0.29, 0.717) is 31.4 Å². The zero-order valence-electron chi connectivity index (χ0n) is 10.5. The Hall–Kier alpha value is -1.07. The molecule has 0 bridgehead atoms. The van der Waals surface area contributed by atoms with E-state index in [2.05, 4.69) is 15.9 Å². The van der Waals surface area contributed by atoms with Crippen molar-refractivity contribution in [2.75, 3.05) is 0 Å². The number of fused-ring (bicyclic) bond motifs is 1. The van der Waals surface area contributed by atoms with Crippen molar-refractivity contribution in [1.29, 1.82) is 0 Å². The number of hydrogen-bond donors (Lipinski definition) is 1. The van der Waals surface area contributed by atoms with E-state index in [1.54, 1.807) is 30.3 Å². The lowest BCUT2D eigenvalue weighted by atomic mass is 10.0. The topological polar surface area (TPSA) is 39.2 Å². The molecule has 0 radical (unpaired) electrons. The van der Waals surface area contributed by atoms with Gasteiger partial charge in [-0.05, 0) is 30.3 Å². The summed E-state index contributed by atoms with van der Waals surface area (Å²) in [5.74, 6) is 0.0249. The first kappa shape index (κ1) is 14.9. The van der Waals surface area contributed by atoms with Crippen molar-refractivity contribution in [3.63, 3.8) is 0 Å². The molecule has 0 aliphatic rings. The Morgan fingerprint density at radius 1 is 1.14 bits per heavy atom. The van der Waals surface area contributed by atoms with Gasteiger partial charge in [0, 0.05) is 20.4 Å². The average molecular weight is 389 g/mol. The molecule has 0 fully saturated rings. The van der Waals surface area contributed by atoms with E-state index in [1.807, 2.05) is 0 Å². The predicted octanol–water partition coefficient (Wildman–Crippen LogP) is 5.69. The Morgan fingerprint density at radius 2 is 1.90 bits per heavy atom. The highest BCUT2D eigenvalue weighted by Crippen LogP contribution is 2.34. The molecule has 21 heavy (non-hydrogen) atoms. The van der Waals surface area contributed by atoms with E-state index in [9.17, 15) is 4.39 Å². The van der Waals surface area contributed by atoms with Crippen LogP contribution in [0.15, 0.2) is 45.3 Å². The average Bonchev–Trinajstić information content (AvgIpc) is 2.82. The normalized spacial score (nSPS) is 12.8. The van der Waals surface area contributed by atoms with Crippen LogP contribution in [0, 0.1) is 5.82 Å². The Bertz CT molecular complexity index is 834. The summed E-state index contributed by atoms with van der Waals surface area (Å²) in [6.07, 6.45) is 0. The molecule has 108 valence electrons. The molecule has 0 aliphatic heterocycles. The van der Waals surface area contributed by atoms with Crippen LogP contribution in [0.3, 0.4) is 0 Å². The molecular weight excluding hydrogens is 380 g/mol. The molecule has 0 saturated heterocycles. The number of halogens is 4. The third-order valence-corrected chi connectivity index (χ3v) is 4.15. The van der Waals surface area contributed by atoms with Gasteiger partial charge in [0.05, 0.1) is 11.1 Å². The van der Waals surface area contributed by atoms with Gasteiger partial charge in [0.2, 0.25) is 0 Å². The van der Waals surface area contributed by atoms with Gasteiger partial charge in [0.15, 0.2) is 5.58 Å². The molecule has 1 aromatic heterocycles. The largest absolute Gasteiger partial charge is 0.457 e. The maximum Gasteiger partial charge on any atom is 0.153 e. The third kappa shape index (κ3) is 2.81. The molecule has 0 aliphatic carbocycles. The van der Waals surface area contributed by atoms with Crippen LogP contribution in [-0.4, -0.2) is 0 Å². The molecule has 0 saturated carbocycles. The summed E-state index contributed by atoms with van der Waals surface area (Å²) in [6.45, 7) is 0. The second kappa shape index (κ2) is 5.61. The first-order valence-electron chi connectivity index (χ1n) is 6.04. The summed E-state index contributed by atoms with van der Waals surface area (Å²) in [7, 11) is 0. The summed E-state index contributed by atoms with van der Waals surface area (Å²) in [6, 6.07) is 9.02. The quantitative estimate of drug-likeness (QED) is 0.612. The van der Waals surface area contributed by atoms with E-state index in [1.165, 1.54) is 6.07 Å². The van der Waals surface area contributed by atoms with Gasteiger partial charge < -0.3 is 10.2 Å². The molecule has 0 spiro atoms. The molecule has 2 aromatic carbocycles. The number of rotatable bonds is 2. The number of nitrogens with two attached hydrogens (primary N) is 1. The van der Waals surface area contributed by atoms with Crippen LogP contribution in [-0.2, 0) is 0 Å². The minimum Gasteiger partial charge on any atom is -0.457 e. The van der Waals surface area contributed by atoms with E-state index in [0.717, 1.165) is 5.39 Å². The van der Waals surface area contributed by atoms with Gasteiger partial charge in [-0.1, -0.05) is 45.2 Å². The second-order valence-electron chi connectivity index (χ2n) is 4.60. The third-order valence-electron chi connectivity index (χ3n) is 3.16. The van der Waals surface area contributed by atoms with E-state index in [-0.39, 0.29) is 0 Å². The Balaban J connectivity index is 2.09. The van der Waals surface area contributed by atoms with Crippen LogP contribution >= 0.6 is 39.1 Å². The number of hydrogen-bond acceptors (Lipinski definition) is 2. The fourth-order valence-electron chi connectivity index (χ4n) is 2.16. The molecule has 1 heterocycles. The first-order chi connectivity index (χ1) is 9.95. The van der Waals surface area contributed by atoms with Gasteiger partial charge in [-0.15, -0.1) is 0 Å². The van der Waals surface area contributed by atoms with E-state index < -0.39 is 11.9 Å². The lowest BCUT2D eigenvalue weighted by molar-refractivity contribution is 0.510. The standard InChI is InChI=1S/C15H9BrCl2FNO/c16-8-1-2-10(12(19)5-8)14(20)13-4-7-3-9(17)6-11(18)15(7)21-13/h1-6,14H,20H2. The van der Waals surface area contributed by atoms with Crippen molar-refractivity contribution in [2.24, 2.45) is 5.73 Å². The lowest BCUT2D eigenvalue weighted by Gasteiger charge is -2.10. The van der Waals surface area contributed by atoms with Gasteiger partial charge in [0.1, 0.15) is 11.6 Å². The summed E-state index contributed by atoms with van der Waals surface area (Å²) >= 11 is 15.2. The van der Waals surface area contributed by atoms with Gasteiger partial charge in [-0.3, -0.25) is 0 Å². The highest BCUT2D eigenvalue weighted by molar-refractivity contribution is 9.10. The van der Waals surface area contributed by atoms with E-state index >= 15 is 0 Å². The predicted molar refractivity (Wildman–Crippen MR) is 86.4 cm³/mol. The van der Waals surface area contributed by atoms with Gasteiger partial charge in [-0.2, -0.15) is 0 Å². The zero-order chi connectivity index (χ0) is 15.1. The van der Waals surface area contributed by atoms with Gasteiger partial charge >= 0.3 is 0 Å². The summed E-state index contributed by atoms with van der Waals surface area (Å²) in [4.78, 5) is 0. The van der Waals surface area contributed by atoms with Crippen molar-refractivity contribution in [3.8, 4) is 0 Å². The summed E-state index contributed by atoms with van der Waals surface area (Å²) in [5.41, 5.74) is 6.93. The molecule has 2 N–H and O–H groups in total. The number of benzene rings is 2. The van der Waals surface area contributed by atoms with E-state index in [4.69, 9.17) is 33.4 Å². The van der Waals surface area contributed by atoms with Gasteiger partial charge in [0.25, 0.3) is 0 Å². The summed E-state index contributed by atoms with van der Waals surface area (Å²) in [5, 5.41) is 1.63. The molecule has 6 heteroatoms. The molecular formula is C15H9BrCl2FNO. The molecule has 2 nitrogen and oxygen atoms in total. The van der Waals surface area contributed by atoms with Crippen LogP contribution in [0.25, 0.3) is 11.0 Å².